The van der Waals surface area contributed by atoms with Crippen LogP contribution >= 0.6 is 15.9 Å². The van der Waals surface area contributed by atoms with Crippen LogP contribution in [-0.2, 0) is 4.74 Å². The number of hydrogen-bond donors (Lipinski definition) is 2. The molecular formula is C12H16BrNO4. The summed E-state index contributed by atoms with van der Waals surface area (Å²) in [6.07, 6.45) is 0. The molecule has 0 atom stereocenters. The van der Waals surface area contributed by atoms with Crippen LogP contribution in [0.4, 0.5) is 0 Å². The van der Waals surface area contributed by atoms with Crippen molar-refractivity contribution in [1.82, 2.24) is 4.90 Å². The molecule has 0 radical (unpaired) electrons. The van der Waals surface area contributed by atoms with Crippen LogP contribution in [0.15, 0.2) is 18.2 Å². The van der Waals surface area contributed by atoms with Crippen LogP contribution in [0.25, 0.3) is 0 Å². The van der Waals surface area contributed by atoms with Crippen molar-refractivity contribution in [2.24, 2.45) is 0 Å². The van der Waals surface area contributed by atoms with Crippen molar-refractivity contribution in [2.45, 2.75) is 0 Å². The van der Waals surface area contributed by atoms with Crippen LogP contribution in [-0.4, -0.2) is 53.2 Å². The normalized spacial score (nSPS) is 10.3. The van der Waals surface area contributed by atoms with E-state index in [0.717, 1.165) is 0 Å². The maximum absolute atomic E-state index is 12.2. The smallest absolute Gasteiger partial charge is 0.257 e. The highest BCUT2D eigenvalue weighted by molar-refractivity contribution is 9.09. The number of nitrogens with zero attached hydrogens (tertiary/aromatic N) is 1. The summed E-state index contributed by atoms with van der Waals surface area (Å²) in [6, 6.07) is 3.88. The van der Waals surface area contributed by atoms with Gasteiger partial charge in [-0.05, 0) is 18.2 Å². The zero-order chi connectivity index (χ0) is 13.5. The number of phenolic OH excluding ortho intramolecular Hbond substituents is 2. The molecule has 0 aliphatic heterocycles. The van der Waals surface area contributed by atoms with E-state index in [1.807, 2.05) is 0 Å². The molecule has 0 unspecified atom stereocenters. The average molecular weight is 318 g/mol. The van der Waals surface area contributed by atoms with E-state index < -0.39 is 0 Å². The summed E-state index contributed by atoms with van der Waals surface area (Å²) < 4.78 is 4.94. The maximum atomic E-state index is 12.2. The highest BCUT2D eigenvalue weighted by Crippen LogP contribution is 2.23. The van der Waals surface area contributed by atoms with Crippen molar-refractivity contribution in [1.29, 1.82) is 0 Å². The van der Waals surface area contributed by atoms with Crippen molar-refractivity contribution in [3.05, 3.63) is 23.8 Å². The molecule has 2 N–H and O–H groups in total. The second kappa shape index (κ2) is 7.23. The summed E-state index contributed by atoms with van der Waals surface area (Å²) in [7, 11) is 1.56. The Labute approximate surface area is 114 Å². The van der Waals surface area contributed by atoms with E-state index in [1.54, 1.807) is 12.0 Å². The molecule has 0 bridgehead atoms. The number of methoxy groups -OCH3 is 1. The van der Waals surface area contributed by atoms with Crippen molar-refractivity contribution in [2.75, 3.05) is 32.1 Å². The lowest BCUT2D eigenvalue weighted by Gasteiger charge is -2.21. The van der Waals surface area contributed by atoms with Gasteiger partial charge in [0.15, 0.2) is 0 Å². The molecule has 5 nitrogen and oxygen atoms in total. The largest absolute Gasteiger partial charge is 0.508 e. The predicted octanol–water partition coefficient (Wildman–Crippen LogP) is 1.58. The number of alkyl halides is 1. The van der Waals surface area contributed by atoms with E-state index in [9.17, 15) is 15.0 Å². The van der Waals surface area contributed by atoms with E-state index in [-0.39, 0.29) is 23.0 Å². The maximum Gasteiger partial charge on any atom is 0.257 e. The summed E-state index contributed by atoms with van der Waals surface area (Å²) in [6.45, 7) is 1.34. The number of carbonyl (C=O) groups excluding carboxylic acids is 1. The van der Waals surface area contributed by atoms with Gasteiger partial charge < -0.3 is 19.8 Å². The number of carbonyl (C=O) groups is 1. The lowest BCUT2D eigenvalue weighted by atomic mass is 10.1. The molecule has 6 heteroatoms. The summed E-state index contributed by atoms with van der Waals surface area (Å²) in [4.78, 5) is 13.7. The van der Waals surface area contributed by atoms with Gasteiger partial charge in [-0.2, -0.15) is 0 Å². The number of ether oxygens (including phenoxy) is 1. The Morgan fingerprint density at radius 3 is 2.72 bits per heavy atom. The molecule has 0 spiro atoms. The molecule has 1 amide bonds. The first kappa shape index (κ1) is 14.8. The highest BCUT2D eigenvalue weighted by atomic mass is 79.9. The molecule has 0 aliphatic rings. The third-order valence-corrected chi connectivity index (χ3v) is 2.77. The first-order chi connectivity index (χ1) is 8.60. The van der Waals surface area contributed by atoms with Crippen molar-refractivity contribution >= 4 is 21.8 Å². The molecule has 18 heavy (non-hydrogen) atoms. The van der Waals surface area contributed by atoms with E-state index in [1.165, 1.54) is 18.2 Å². The van der Waals surface area contributed by atoms with Crippen molar-refractivity contribution in [3.8, 4) is 11.5 Å². The van der Waals surface area contributed by atoms with Crippen LogP contribution in [0.3, 0.4) is 0 Å². The Bertz CT molecular complexity index is 411. The first-order valence-electron chi connectivity index (χ1n) is 5.46. The predicted molar refractivity (Wildman–Crippen MR) is 71.3 cm³/mol. The summed E-state index contributed by atoms with van der Waals surface area (Å²) in [5.74, 6) is -0.531. The van der Waals surface area contributed by atoms with E-state index in [0.29, 0.717) is 25.0 Å². The molecule has 1 aromatic carbocycles. The van der Waals surface area contributed by atoms with Gasteiger partial charge in [0.2, 0.25) is 0 Å². The standard InChI is InChI=1S/C12H16BrNO4/c1-18-7-6-14(5-4-13)12(17)10-8-9(15)2-3-11(10)16/h2-3,8,15-16H,4-7H2,1H3. The Kier molecular flexibility index (Phi) is 5.94. The topological polar surface area (TPSA) is 70.0 Å². The molecule has 1 aromatic rings. The monoisotopic (exact) mass is 317 g/mol. The van der Waals surface area contributed by atoms with Gasteiger partial charge in [0.1, 0.15) is 11.5 Å². The van der Waals surface area contributed by atoms with E-state index in [4.69, 9.17) is 4.74 Å². The Morgan fingerprint density at radius 2 is 2.11 bits per heavy atom. The fourth-order valence-corrected chi connectivity index (χ4v) is 1.91. The fourth-order valence-electron chi connectivity index (χ4n) is 1.48. The molecule has 0 aromatic heterocycles. The van der Waals surface area contributed by atoms with Crippen LogP contribution in [0.5, 0.6) is 11.5 Å². The highest BCUT2D eigenvalue weighted by Gasteiger charge is 2.18. The van der Waals surface area contributed by atoms with Gasteiger partial charge in [-0.25, -0.2) is 0 Å². The molecule has 0 aliphatic carbocycles. The number of aromatic hydroxyl groups is 2. The molecular weight excluding hydrogens is 302 g/mol. The lowest BCUT2D eigenvalue weighted by molar-refractivity contribution is 0.0705. The first-order valence-corrected chi connectivity index (χ1v) is 6.58. The van der Waals surface area contributed by atoms with Crippen LogP contribution < -0.4 is 0 Å². The van der Waals surface area contributed by atoms with Gasteiger partial charge >= 0.3 is 0 Å². The van der Waals surface area contributed by atoms with Crippen molar-refractivity contribution in [3.63, 3.8) is 0 Å². The Morgan fingerprint density at radius 1 is 1.39 bits per heavy atom. The second-order valence-electron chi connectivity index (χ2n) is 3.68. The number of amides is 1. The number of phenols is 2. The number of rotatable bonds is 6. The fraction of sp³-hybridized carbons (Fsp3) is 0.417. The second-order valence-corrected chi connectivity index (χ2v) is 4.47. The quantitative estimate of drug-likeness (QED) is 0.617. The van der Waals surface area contributed by atoms with Gasteiger partial charge in [-0.1, -0.05) is 15.9 Å². The summed E-state index contributed by atoms with van der Waals surface area (Å²) in [5, 5.41) is 19.6. The van der Waals surface area contributed by atoms with Gasteiger partial charge in [-0.15, -0.1) is 0 Å². The number of hydrogen-bond acceptors (Lipinski definition) is 4. The molecule has 100 valence electrons. The zero-order valence-corrected chi connectivity index (χ0v) is 11.7. The van der Waals surface area contributed by atoms with Crippen LogP contribution in [0.1, 0.15) is 10.4 Å². The SMILES string of the molecule is COCCN(CCBr)C(=O)c1cc(O)ccc1O. The Balaban J connectivity index is 2.90. The van der Waals surface area contributed by atoms with Gasteiger partial charge in [0.05, 0.1) is 12.2 Å². The summed E-state index contributed by atoms with van der Waals surface area (Å²) >= 11 is 3.27. The van der Waals surface area contributed by atoms with E-state index in [2.05, 4.69) is 15.9 Å². The zero-order valence-electron chi connectivity index (χ0n) is 10.1. The average Bonchev–Trinajstić information content (AvgIpc) is 2.36. The molecule has 1 rings (SSSR count). The summed E-state index contributed by atoms with van der Waals surface area (Å²) in [5.41, 5.74) is 0.0899. The molecule has 0 fully saturated rings. The third kappa shape index (κ3) is 3.89. The van der Waals surface area contributed by atoms with Gasteiger partial charge in [-0.3, -0.25) is 4.79 Å². The van der Waals surface area contributed by atoms with Crippen molar-refractivity contribution < 1.29 is 19.7 Å². The Hall–Kier alpha value is -1.27. The van der Waals surface area contributed by atoms with Gasteiger partial charge in [0, 0.05) is 25.5 Å². The minimum atomic E-state index is -0.333. The molecule has 0 heterocycles. The van der Waals surface area contributed by atoms with Crippen LogP contribution in [0.2, 0.25) is 0 Å². The molecule has 0 saturated heterocycles. The van der Waals surface area contributed by atoms with E-state index >= 15 is 0 Å². The van der Waals surface area contributed by atoms with Gasteiger partial charge in [0.25, 0.3) is 5.91 Å². The third-order valence-electron chi connectivity index (χ3n) is 2.42. The minimum Gasteiger partial charge on any atom is -0.508 e. The van der Waals surface area contributed by atoms with Crippen LogP contribution in [0, 0.1) is 0 Å². The number of benzene rings is 1. The number of halogens is 1. The lowest BCUT2D eigenvalue weighted by Crippen LogP contribution is -2.35. The molecule has 0 saturated carbocycles. The minimum absolute atomic E-state index is 0.0540.